The van der Waals surface area contributed by atoms with E-state index in [4.69, 9.17) is 33.2 Å². The highest BCUT2D eigenvalue weighted by Gasteiger charge is 2.59. The summed E-state index contributed by atoms with van der Waals surface area (Å²) in [5, 5.41) is 98.6. The lowest BCUT2D eigenvalue weighted by Crippen LogP contribution is -2.71. The number of aliphatic hydroxyl groups excluding tert-OH is 7. The minimum atomic E-state index is -5.71. The fourth-order valence-electron chi connectivity index (χ4n) is 7.02. The first-order valence-corrected chi connectivity index (χ1v) is 22.1. The van der Waals surface area contributed by atoms with Crippen molar-refractivity contribution in [2.24, 2.45) is 0 Å². The predicted molar refractivity (Wildman–Crippen MR) is 189 cm³/mol. The van der Waals surface area contributed by atoms with E-state index >= 15 is 0 Å². The molecule has 65 heavy (non-hydrogen) atoms. The van der Waals surface area contributed by atoms with Crippen LogP contribution in [-0.2, 0) is 96.1 Å². The second-order valence-electron chi connectivity index (χ2n) is 14.2. The minimum Gasteiger partial charge on any atom is -0.479 e. The standard InChI is InChI=1S/C28H44N2O32S3/c1-5(33)29-9-17(15(60-63(44,45)46)7(3-31)53-25(9)43)55-27-12(36)11(35)20(22(59-27)24(41)42)57-26-10(30-6(2)34)18(16(8(4-32)54-26)61-64(47,48)49)56-28-14(38)19(62-65(50,51)52)13(37)21(58-28)23(39)40/h7-22,25-28,31-32,35-38,43H,3-4H2,1-2H3,(H,29,33)(H,30,34)(H,39,40)(H,41,42)(H,44,45,46)(H,47,48,49)(H,50,51,52)/t7-,8-,9-,10-,11-,12-,13+,14-,15+,16+,17-,18-,19+,20+,21+,22+,25?,26+,27-,28-/m1/s1. The summed E-state index contributed by atoms with van der Waals surface area (Å²) in [7, 11) is -16.9. The van der Waals surface area contributed by atoms with E-state index in [0.717, 1.165) is 13.8 Å². The van der Waals surface area contributed by atoms with Crippen LogP contribution in [0.5, 0.6) is 0 Å². The summed E-state index contributed by atoms with van der Waals surface area (Å²) < 4.78 is 150. The molecule has 4 rings (SSSR count). The smallest absolute Gasteiger partial charge is 0.397 e. The third-order valence-corrected chi connectivity index (χ3v) is 11.0. The number of aliphatic carboxylic acids is 2. The average Bonchev–Trinajstić information content (AvgIpc) is 3.16. The zero-order valence-electron chi connectivity index (χ0n) is 32.7. The number of carboxylic acids is 2. The van der Waals surface area contributed by atoms with Gasteiger partial charge in [-0.05, 0) is 0 Å². The number of carboxylic acid groups (broad SMARTS) is 2. The second kappa shape index (κ2) is 21.5. The monoisotopic (exact) mass is 1020 g/mol. The molecule has 0 radical (unpaired) electrons. The van der Waals surface area contributed by atoms with E-state index in [-0.39, 0.29) is 0 Å². The molecule has 1 unspecified atom stereocenters. The van der Waals surface area contributed by atoms with Gasteiger partial charge in [-0.15, -0.1) is 0 Å². The van der Waals surface area contributed by atoms with E-state index in [9.17, 15) is 104 Å². The summed E-state index contributed by atoms with van der Waals surface area (Å²) in [5.74, 6) is -6.34. The van der Waals surface area contributed by atoms with Crippen LogP contribution in [0.15, 0.2) is 0 Å². The van der Waals surface area contributed by atoms with Gasteiger partial charge in [0.25, 0.3) is 0 Å². The molecule has 34 nitrogen and oxygen atoms in total. The number of amides is 2. The molecule has 20 atom stereocenters. The highest BCUT2D eigenvalue weighted by molar-refractivity contribution is 7.81. The van der Waals surface area contributed by atoms with Crippen LogP contribution in [0.4, 0.5) is 0 Å². The SMILES string of the molecule is CC(=O)N[C@H]1[C@H](O[C@H]2[C@H](O)[C@@H](O)[C@H](O[C@H]3[C@@H](OS(=O)(=O)O)[C@@H](CO)OC(O)[C@@H]3NC(C)=O)O[C@@H]2C(=O)O)O[C@H](CO)[C@H](OS(=O)(=O)O)[C@@H]1O[C@@H]1O[C@H](C(=O)O)[C@@H](O)[C@H](OS(=O)(=O)O)[C@H]1O. The number of carbonyl (C=O) groups excluding carboxylic acids is 2. The molecule has 0 saturated carbocycles. The molecule has 0 bridgehead atoms. The summed E-state index contributed by atoms with van der Waals surface area (Å²) >= 11 is 0. The maximum absolute atomic E-state index is 12.7. The number of ether oxygens (including phenoxy) is 7. The second-order valence-corrected chi connectivity index (χ2v) is 17.3. The van der Waals surface area contributed by atoms with Crippen molar-refractivity contribution < 1.29 is 150 Å². The molecule has 0 aromatic heterocycles. The van der Waals surface area contributed by atoms with Crippen molar-refractivity contribution in [1.82, 2.24) is 10.6 Å². The maximum Gasteiger partial charge on any atom is 0.397 e. The van der Waals surface area contributed by atoms with Gasteiger partial charge >= 0.3 is 43.1 Å². The van der Waals surface area contributed by atoms with Gasteiger partial charge in [-0.3, -0.25) is 23.2 Å². The van der Waals surface area contributed by atoms with Gasteiger partial charge in [-0.2, -0.15) is 25.3 Å². The van der Waals surface area contributed by atoms with E-state index in [2.05, 4.69) is 23.2 Å². The molecule has 0 aromatic carbocycles. The number of aliphatic hydroxyl groups is 7. The van der Waals surface area contributed by atoms with Gasteiger partial charge in [-0.1, -0.05) is 0 Å². The molecular formula is C28H44N2O32S3. The van der Waals surface area contributed by atoms with Crippen LogP contribution < -0.4 is 10.6 Å². The Morgan fingerprint density at radius 2 is 0.892 bits per heavy atom. The summed E-state index contributed by atoms with van der Waals surface area (Å²) in [6, 6.07) is -4.22. The number of hydrogen-bond acceptors (Lipinski definition) is 27. The van der Waals surface area contributed by atoms with E-state index in [1.807, 2.05) is 0 Å². The molecule has 4 heterocycles. The van der Waals surface area contributed by atoms with Crippen molar-refractivity contribution in [1.29, 1.82) is 0 Å². The number of carbonyl (C=O) groups is 4. The third-order valence-electron chi connectivity index (χ3n) is 9.56. The van der Waals surface area contributed by atoms with E-state index in [1.54, 1.807) is 0 Å². The molecular weight excluding hydrogens is 972 g/mol. The van der Waals surface area contributed by atoms with Gasteiger partial charge < -0.3 is 89.8 Å². The molecule has 4 aliphatic heterocycles. The molecule has 0 spiro atoms. The molecule has 4 aliphatic rings. The van der Waals surface area contributed by atoms with Gasteiger partial charge in [0, 0.05) is 13.8 Å². The zero-order chi connectivity index (χ0) is 49.3. The Labute approximate surface area is 364 Å². The Morgan fingerprint density at radius 1 is 0.492 bits per heavy atom. The van der Waals surface area contributed by atoms with Crippen LogP contribution in [0.25, 0.3) is 0 Å². The van der Waals surface area contributed by atoms with Crippen LogP contribution in [0, 0.1) is 0 Å². The van der Waals surface area contributed by atoms with Crippen molar-refractivity contribution >= 4 is 54.9 Å². The quantitative estimate of drug-likeness (QED) is 0.0567. The summed E-state index contributed by atoms with van der Waals surface area (Å²) in [6.45, 7) is -0.960. The van der Waals surface area contributed by atoms with Gasteiger partial charge in [-0.25, -0.2) is 22.1 Å². The Morgan fingerprint density at radius 3 is 1.34 bits per heavy atom. The molecule has 4 fully saturated rings. The minimum absolute atomic E-state index is 0.760. The van der Waals surface area contributed by atoms with Gasteiger partial charge in [0.15, 0.2) is 37.4 Å². The largest absolute Gasteiger partial charge is 0.479 e. The number of nitrogens with one attached hydrogen (secondary N) is 2. The first-order chi connectivity index (χ1) is 29.9. The van der Waals surface area contributed by atoms with Crippen molar-refractivity contribution in [3.05, 3.63) is 0 Å². The van der Waals surface area contributed by atoms with Crippen molar-refractivity contribution in [3.8, 4) is 0 Å². The van der Waals surface area contributed by atoms with Crippen LogP contribution >= 0.6 is 0 Å². The van der Waals surface area contributed by atoms with E-state index < -0.39 is 191 Å². The fourth-order valence-corrected chi connectivity index (χ4v) is 8.55. The topological polar surface area (TPSA) is 530 Å². The van der Waals surface area contributed by atoms with Crippen molar-refractivity contribution in [3.63, 3.8) is 0 Å². The van der Waals surface area contributed by atoms with Crippen LogP contribution in [-0.4, -0.2) is 245 Å². The highest BCUT2D eigenvalue weighted by atomic mass is 32.3. The zero-order valence-corrected chi connectivity index (χ0v) is 35.2. The average molecular weight is 1020 g/mol. The van der Waals surface area contributed by atoms with Crippen molar-refractivity contribution in [2.75, 3.05) is 13.2 Å². The van der Waals surface area contributed by atoms with E-state index in [0.29, 0.717) is 0 Å². The Hall–Kier alpha value is -3.07. The van der Waals surface area contributed by atoms with Crippen molar-refractivity contribution in [2.45, 2.75) is 137 Å². The normalized spacial score (nSPS) is 40.7. The first kappa shape index (κ1) is 54.5. The number of rotatable bonds is 18. The van der Waals surface area contributed by atoms with Gasteiger partial charge in [0.1, 0.15) is 85.3 Å². The molecule has 0 aliphatic carbocycles. The van der Waals surface area contributed by atoms with E-state index in [1.165, 1.54) is 0 Å². The lowest BCUT2D eigenvalue weighted by atomic mass is 9.94. The third kappa shape index (κ3) is 13.8. The lowest BCUT2D eigenvalue weighted by Gasteiger charge is -2.50. The summed E-state index contributed by atoms with van der Waals surface area (Å²) in [5.41, 5.74) is 0. The summed E-state index contributed by atoms with van der Waals surface area (Å²) in [4.78, 5) is 49.2. The van der Waals surface area contributed by atoms with Gasteiger partial charge in [0.05, 0.1) is 13.2 Å². The first-order valence-electron chi connectivity index (χ1n) is 18.0. The number of hydrogen-bond donors (Lipinski definition) is 14. The Kier molecular flexibility index (Phi) is 18.0. The lowest BCUT2D eigenvalue weighted by molar-refractivity contribution is -0.366. The Bertz CT molecular complexity index is 2040. The van der Waals surface area contributed by atoms with Gasteiger partial charge in [0.2, 0.25) is 11.8 Å². The van der Waals surface area contributed by atoms with Crippen LogP contribution in [0.2, 0.25) is 0 Å². The molecule has 14 N–H and O–H groups in total. The van der Waals surface area contributed by atoms with Crippen LogP contribution in [0.3, 0.4) is 0 Å². The molecule has 2 amide bonds. The molecule has 0 aromatic rings. The maximum atomic E-state index is 12.7. The predicted octanol–water partition coefficient (Wildman–Crippen LogP) is -9.80. The molecule has 4 saturated heterocycles. The fraction of sp³-hybridized carbons (Fsp3) is 0.857. The summed E-state index contributed by atoms with van der Waals surface area (Å²) in [6.07, 6.45) is -44.3. The molecule has 376 valence electrons. The van der Waals surface area contributed by atoms with Crippen LogP contribution in [0.1, 0.15) is 13.8 Å². The Balaban J connectivity index is 1.76. The molecule has 37 heteroatoms. The highest BCUT2D eigenvalue weighted by Crippen LogP contribution is 2.36.